The largest absolute Gasteiger partial charge is 0.456 e. The molecule has 6 nitrogen and oxygen atoms in total. The molecule has 0 saturated carbocycles. The predicted octanol–water partition coefficient (Wildman–Crippen LogP) is 4.33. The van der Waals surface area contributed by atoms with Crippen molar-refractivity contribution in [3.63, 3.8) is 0 Å². The van der Waals surface area contributed by atoms with Crippen molar-refractivity contribution in [2.45, 2.75) is 25.2 Å². The van der Waals surface area contributed by atoms with Crippen LogP contribution in [0.4, 0.5) is 10.5 Å². The van der Waals surface area contributed by atoms with Crippen molar-refractivity contribution in [1.82, 2.24) is 5.32 Å². The van der Waals surface area contributed by atoms with Gasteiger partial charge in [0.1, 0.15) is 0 Å². The Kier molecular flexibility index (Phi) is 8.35. The van der Waals surface area contributed by atoms with E-state index in [1.807, 2.05) is 38.1 Å². The Morgan fingerprint density at radius 2 is 1.79 bits per heavy atom. The second kappa shape index (κ2) is 10.7. The fraction of sp³-hybridized carbons (Fsp3) is 0.250. The molecule has 28 heavy (non-hydrogen) atoms. The van der Waals surface area contributed by atoms with Crippen LogP contribution in [0, 0.1) is 13.8 Å². The fourth-order valence-corrected chi connectivity index (χ4v) is 3.16. The first-order valence-corrected chi connectivity index (χ1v) is 9.92. The molecule has 0 saturated heterocycles. The summed E-state index contributed by atoms with van der Waals surface area (Å²) in [5, 5.41) is 5.39. The number of hydrogen-bond donors (Lipinski definition) is 2. The quantitative estimate of drug-likeness (QED) is 0.514. The number of imide groups is 1. The summed E-state index contributed by atoms with van der Waals surface area (Å²) in [5.74, 6) is -0.692. The van der Waals surface area contributed by atoms with Gasteiger partial charge in [-0.3, -0.25) is 14.9 Å². The van der Waals surface area contributed by atoms with Crippen LogP contribution in [-0.4, -0.2) is 30.3 Å². The predicted molar refractivity (Wildman–Crippen MR) is 111 cm³/mol. The highest BCUT2D eigenvalue weighted by Crippen LogP contribution is 2.21. The Bertz CT molecular complexity index is 856. The monoisotopic (exact) mass is 420 g/mol. The highest BCUT2D eigenvalue weighted by molar-refractivity contribution is 7.99. The molecule has 2 aromatic carbocycles. The molecule has 148 valence electrons. The second-order valence-corrected chi connectivity index (χ2v) is 7.57. The van der Waals surface area contributed by atoms with E-state index in [0.29, 0.717) is 16.5 Å². The van der Waals surface area contributed by atoms with E-state index in [1.54, 1.807) is 18.2 Å². The summed E-state index contributed by atoms with van der Waals surface area (Å²) in [6, 6.07) is 12.1. The van der Waals surface area contributed by atoms with E-state index in [0.717, 1.165) is 16.0 Å². The van der Waals surface area contributed by atoms with E-state index in [9.17, 15) is 14.4 Å². The van der Waals surface area contributed by atoms with Crippen LogP contribution >= 0.6 is 23.4 Å². The maximum absolute atomic E-state index is 11.9. The molecule has 0 fully saturated rings. The molecule has 2 N–H and O–H groups in total. The summed E-state index contributed by atoms with van der Waals surface area (Å²) in [5.41, 5.74) is 2.55. The normalized spacial score (nSPS) is 10.2. The molecule has 0 unspecified atom stereocenters. The van der Waals surface area contributed by atoms with Crippen LogP contribution in [-0.2, 0) is 14.3 Å². The maximum atomic E-state index is 11.9. The van der Waals surface area contributed by atoms with Gasteiger partial charge in [0.2, 0.25) is 0 Å². The highest BCUT2D eigenvalue weighted by atomic mass is 35.5. The molecule has 0 aliphatic heterocycles. The first-order chi connectivity index (χ1) is 13.3. The number of urea groups is 1. The first-order valence-electron chi connectivity index (χ1n) is 8.56. The van der Waals surface area contributed by atoms with E-state index in [2.05, 4.69) is 10.6 Å². The van der Waals surface area contributed by atoms with Gasteiger partial charge in [-0.05, 0) is 55.3 Å². The fourth-order valence-electron chi connectivity index (χ4n) is 2.20. The Morgan fingerprint density at radius 1 is 1.07 bits per heavy atom. The zero-order valence-corrected chi connectivity index (χ0v) is 17.2. The van der Waals surface area contributed by atoms with E-state index >= 15 is 0 Å². The van der Waals surface area contributed by atoms with E-state index in [4.69, 9.17) is 16.3 Å². The molecular formula is C20H21ClN2O4S. The number of esters is 1. The van der Waals surface area contributed by atoms with Crippen LogP contribution < -0.4 is 10.6 Å². The number of rotatable bonds is 7. The van der Waals surface area contributed by atoms with Gasteiger partial charge in [-0.25, -0.2) is 4.79 Å². The average Bonchev–Trinajstić information content (AvgIpc) is 2.65. The third kappa shape index (κ3) is 7.25. The molecular weight excluding hydrogens is 400 g/mol. The molecule has 8 heteroatoms. The van der Waals surface area contributed by atoms with E-state index in [1.165, 1.54) is 11.8 Å². The average molecular weight is 421 g/mol. The summed E-state index contributed by atoms with van der Waals surface area (Å²) in [7, 11) is 0. The lowest BCUT2D eigenvalue weighted by Gasteiger charge is -2.11. The topological polar surface area (TPSA) is 84.5 Å². The van der Waals surface area contributed by atoms with Crippen molar-refractivity contribution in [1.29, 1.82) is 0 Å². The van der Waals surface area contributed by atoms with Crippen molar-refractivity contribution < 1.29 is 19.1 Å². The zero-order valence-electron chi connectivity index (χ0n) is 15.6. The third-order valence-electron chi connectivity index (χ3n) is 3.86. The number of aryl methyl sites for hydroxylation is 1. The molecule has 2 rings (SSSR count). The smallest absolute Gasteiger partial charge is 0.325 e. The van der Waals surface area contributed by atoms with Gasteiger partial charge in [0.15, 0.2) is 6.61 Å². The molecule has 0 bridgehead atoms. The van der Waals surface area contributed by atoms with Gasteiger partial charge < -0.3 is 10.1 Å². The molecule has 0 spiro atoms. The SMILES string of the molecule is Cc1cccc(NC(=O)NC(=O)COC(=O)CCSc2ccc(Cl)cc2)c1C. The maximum Gasteiger partial charge on any atom is 0.325 e. The van der Waals surface area contributed by atoms with E-state index in [-0.39, 0.29) is 6.42 Å². The van der Waals surface area contributed by atoms with Crippen molar-refractivity contribution >= 4 is 47.0 Å². The number of nitrogens with one attached hydrogen (secondary N) is 2. The summed E-state index contributed by atoms with van der Waals surface area (Å²) >= 11 is 7.30. The van der Waals surface area contributed by atoms with Crippen molar-refractivity contribution in [2.75, 3.05) is 17.7 Å². The summed E-state index contributed by atoms with van der Waals surface area (Å²) in [6.45, 7) is 3.29. The van der Waals surface area contributed by atoms with Crippen molar-refractivity contribution in [3.05, 3.63) is 58.6 Å². The Hall–Kier alpha value is -2.51. The molecule has 0 aliphatic rings. The third-order valence-corrected chi connectivity index (χ3v) is 5.12. The lowest BCUT2D eigenvalue weighted by molar-refractivity contribution is -0.147. The van der Waals surface area contributed by atoms with Gasteiger partial charge >= 0.3 is 12.0 Å². The number of carbonyl (C=O) groups is 3. The standard InChI is InChI=1S/C20H21ClN2O4S/c1-13-4-3-5-17(14(13)2)22-20(26)23-18(24)12-27-19(25)10-11-28-16-8-6-15(21)7-9-16/h3-9H,10-12H2,1-2H3,(H2,22,23,24,26). The number of thioether (sulfide) groups is 1. The highest BCUT2D eigenvalue weighted by Gasteiger charge is 2.12. The number of benzene rings is 2. The minimum Gasteiger partial charge on any atom is -0.456 e. The Labute approximate surface area is 173 Å². The van der Waals surface area contributed by atoms with Gasteiger partial charge in [-0.2, -0.15) is 0 Å². The Balaban J connectivity index is 1.66. The zero-order chi connectivity index (χ0) is 20.5. The van der Waals surface area contributed by atoms with Crippen LogP contribution in [0.25, 0.3) is 0 Å². The lowest BCUT2D eigenvalue weighted by atomic mass is 10.1. The van der Waals surface area contributed by atoms with Crippen LogP contribution in [0.1, 0.15) is 17.5 Å². The van der Waals surface area contributed by atoms with Crippen LogP contribution in [0.15, 0.2) is 47.4 Å². The number of anilines is 1. The van der Waals surface area contributed by atoms with Gasteiger partial charge in [0.25, 0.3) is 5.91 Å². The minimum absolute atomic E-state index is 0.148. The van der Waals surface area contributed by atoms with Gasteiger partial charge in [0.05, 0.1) is 6.42 Å². The summed E-state index contributed by atoms with van der Waals surface area (Å²) < 4.78 is 4.89. The van der Waals surface area contributed by atoms with Crippen LogP contribution in [0.2, 0.25) is 5.02 Å². The molecule has 0 radical (unpaired) electrons. The number of carbonyl (C=O) groups excluding carboxylic acids is 3. The first kappa shape index (κ1) is 21.8. The van der Waals surface area contributed by atoms with Gasteiger partial charge in [-0.1, -0.05) is 23.7 Å². The van der Waals surface area contributed by atoms with Crippen molar-refractivity contribution in [2.24, 2.45) is 0 Å². The summed E-state index contributed by atoms with van der Waals surface area (Å²) in [4.78, 5) is 36.3. The van der Waals surface area contributed by atoms with E-state index < -0.39 is 24.5 Å². The molecule has 0 aromatic heterocycles. The van der Waals surface area contributed by atoms with Crippen LogP contribution in [0.3, 0.4) is 0 Å². The minimum atomic E-state index is -0.693. The lowest BCUT2D eigenvalue weighted by Crippen LogP contribution is -2.37. The number of amides is 3. The van der Waals surface area contributed by atoms with Gasteiger partial charge in [0, 0.05) is 21.4 Å². The molecule has 0 aliphatic carbocycles. The number of ether oxygens (including phenoxy) is 1. The molecule has 2 aromatic rings. The van der Waals surface area contributed by atoms with Gasteiger partial charge in [-0.15, -0.1) is 11.8 Å². The summed E-state index contributed by atoms with van der Waals surface area (Å²) in [6.07, 6.45) is 0.148. The van der Waals surface area contributed by atoms with Crippen molar-refractivity contribution in [3.8, 4) is 0 Å². The molecule has 3 amide bonds. The number of halogens is 1. The second-order valence-electron chi connectivity index (χ2n) is 5.96. The Morgan fingerprint density at radius 3 is 2.50 bits per heavy atom. The molecule has 0 heterocycles. The number of hydrogen-bond acceptors (Lipinski definition) is 5. The molecule has 0 atom stereocenters. The van der Waals surface area contributed by atoms with Crippen LogP contribution in [0.5, 0.6) is 0 Å².